The highest BCUT2D eigenvalue weighted by molar-refractivity contribution is 5.84. The van der Waals surface area contributed by atoms with Crippen molar-refractivity contribution in [1.29, 1.82) is 0 Å². The summed E-state index contributed by atoms with van der Waals surface area (Å²) in [5.74, 6) is -2.01. The number of carboxylic acid groups (broad SMARTS) is 3. The van der Waals surface area contributed by atoms with E-state index >= 15 is 0 Å². The monoisotopic (exact) mass is 234 g/mol. The van der Waals surface area contributed by atoms with Crippen LogP contribution in [0.5, 0.6) is 0 Å². The molecule has 7 heteroatoms. The Labute approximate surface area is 92.0 Å². The SMILES string of the molecule is C=C(C)C(=O)O.CC(CC(=O)O)OC(=O)O. The summed E-state index contributed by atoms with van der Waals surface area (Å²) in [5, 5.41) is 24.0. The van der Waals surface area contributed by atoms with Gasteiger partial charge in [0.15, 0.2) is 0 Å². The molecule has 0 aliphatic heterocycles. The van der Waals surface area contributed by atoms with Gasteiger partial charge in [0.25, 0.3) is 0 Å². The molecule has 0 saturated heterocycles. The molecule has 0 aliphatic carbocycles. The number of hydrogen-bond donors (Lipinski definition) is 3. The van der Waals surface area contributed by atoms with E-state index in [0.29, 0.717) is 0 Å². The van der Waals surface area contributed by atoms with E-state index in [1.54, 1.807) is 0 Å². The van der Waals surface area contributed by atoms with Crippen LogP contribution >= 0.6 is 0 Å². The molecule has 0 radical (unpaired) electrons. The van der Waals surface area contributed by atoms with Gasteiger partial charge in [-0.1, -0.05) is 6.58 Å². The molecule has 0 heterocycles. The van der Waals surface area contributed by atoms with Gasteiger partial charge < -0.3 is 20.1 Å². The maximum absolute atomic E-state index is 9.92. The largest absolute Gasteiger partial charge is 0.506 e. The van der Waals surface area contributed by atoms with Crippen molar-refractivity contribution < 1.29 is 34.4 Å². The standard InChI is InChI=1S/C5H8O5.C4H6O2/c1-3(2-4(6)7)10-5(8)9;1-3(2)4(5)6/h3H,2H2,1H3,(H,6,7)(H,8,9);1H2,2H3,(H,5,6). The summed E-state index contributed by atoms with van der Waals surface area (Å²) in [6.45, 7) is 5.98. The molecule has 0 aromatic rings. The number of aliphatic carboxylic acids is 2. The van der Waals surface area contributed by atoms with Crippen LogP contribution in [0.3, 0.4) is 0 Å². The van der Waals surface area contributed by atoms with Gasteiger partial charge in [0.1, 0.15) is 6.10 Å². The molecule has 0 bridgehead atoms. The molecule has 0 amide bonds. The van der Waals surface area contributed by atoms with Crippen molar-refractivity contribution in [2.45, 2.75) is 26.4 Å². The summed E-state index contributed by atoms with van der Waals surface area (Å²) in [5.41, 5.74) is 0.176. The number of rotatable bonds is 4. The van der Waals surface area contributed by atoms with Gasteiger partial charge in [-0.3, -0.25) is 4.79 Å². The highest BCUT2D eigenvalue weighted by Crippen LogP contribution is 1.96. The molecular formula is C9H14O7. The molecular weight excluding hydrogens is 220 g/mol. The van der Waals surface area contributed by atoms with Gasteiger partial charge in [-0.05, 0) is 13.8 Å². The van der Waals surface area contributed by atoms with Crippen LogP contribution in [0, 0.1) is 0 Å². The molecule has 1 atom stereocenters. The molecule has 0 aromatic carbocycles. The third kappa shape index (κ3) is 14.5. The van der Waals surface area contributed by atoms with E-state index in [2.05, 4.69) is 11.3 Å². The minimum atomic E-state index is -1.45. The van der Waals surface area contributed by atoms with Gasteiger partial charge in [0.2, 0.25) is 0 Å². The lowest BCUT2D eigenvalue weighted by Gasteiger charge is -2.05. The van der Waals surface area contributed by atoms with E-state index in [1.165, 1.54) is 13.8 Å². The Morgan fingerprint density at radius 2 is 1.62 bits per heavy atom. The Kier molecular flexibility index (Phi) is 8.47. The maximum Gasteiger partial charge on any atom is 0.506 e. The van der Waals surface area contributed by atoms with Crippen LogP contribution in [0.2, 0.25) is 0 Å². The summed E-state index contributed by atoms with van der Waals surface area (Å²) in [4.78, 5) is 29.3. The first kappa shape index (κ1) is 16.4. The van der Waals surface area contributed by atoms with Crippen molar-refractivity contribution >= 4 is 18.1 Å². The van der Waals surface area contributed by atoms with Gasteiger partial charge in [0, 0.05) is 5.57 Å². The second-order valence-electron chi connectivity index (χ2n) is 2.88. The molecule has 92 valence electrons. The van der Waals surface area contributed by atoms with Gasteiger partial charge in [-0.15, -0.1) is 0 Å². The average molecular weight is 234 g/mol. The molecule has 0 spiro atoms. The topological polar surface area (TPSA) is 121 Å². The fraction of sp³-hybridized carbons (Fsp3) is 0.444. The van der Waals surface area contributed by atoms with Crippen LogP contribution in [-0.4, -0.2) is 39.5 Å². The summed E-state index contributed by atoms with van der Waals surface area (Å²) in [6, 6.07) is 0. The second kappa shape index (κ2) is 8.27. The van der Waals surface area contributed by atoms with Crippen molar-refractivity contribution in [2.24, 2.45) is 0 Å². The molecule has 3 N–H and O–H groups in total. The first-order valence-corrected chi connectivity index (χ1v) is 4.17. The quantitative estimate of drug-likeness (QED) is 0.493. The van der Waals surface area contributed by atoms with Crippen LogP contribution in [0.25, 0.3) is 0 Å². The van der Waals surface area contributed by atoms with Gasteiger partial charge in [-0.2, -0.15) is 0 Å². The minimum absolute atomic E-state index is 0.176. The van der Waals surface area contributed by atoms with Crippen LogP contribution < -0.4 is 0 Å². The summed E-state index contributed by atoms with van der Waals surface area (Å²) < 4.78 is 4.10. The van der Waals surface area contributed by atoms with E-state index in [-0.39, 0.29) is 12.0 Å². The fourth-order valence-corrected chi connectivity index (χ4v) is 0.460. The lowest BCUT2D eigenvalue weighted by Crippen LogP contribution is -2.16. The van der Waals surface area contributed by atoms with Crippen molar-refractivity contribution in [2.75, 3.05) is 0 Å². The van der Waals surface area contributed by atoms with Crippen LogP contribution in [-0.2, 0) is 14.3 Å². The number of carbonyl (C=O) groups is 3. The Balaban J connectivity index is 0. The zero-order valence-corrected chi connectivity index (χ0v) is 8.97. The second-order valence-corrected chi connectivity index (χ2v) is 2.88. The Bertz CT molecular complexity index is 254. The van der Waals surface area contributed by atoms with Gasteiger partial charge in [-0.25, -0.2) is 9.59 Å². The molecule has 7 nitrogen and oxygen atoms in total. The predicted molar refractivity (Wildman–Crippen MR) is 53.3 cm³/mol. The lowest BCUT2D eigenvalue weighted by atomic mass is 10.3. The number of ether oxygens (including phenoxy) is 1. The molecule has 0 aromatic heterocycles. The number of hydrogen-bond acceptors (Lipinski definition) is 4. The molecule has 16 heavy (non-hydrogen) atoms. The smallest absolute Gasteiger partial charge is 0.481 e. The average Bonchev–Trinajstić information content (AvgIpc) is 2.00. The third-order valence-corrected chi connectivity index (χ3v) is 1.13. The van der Waals surface area contributed by atoms with Crippen LogP contribution in [0.4, 0.5) is 4.79 Å². The minimum Gasteiger partial charge on any atom is -0.481 e. The van der Waals surface area contributed by atoms with Crippen molar-refractivity contribution in [3.8, 4) is 0 Å². The lowest BCUT2D eigenvalue weighted by molar-refractivity contribution is -0.139. The third-order valence-electron chi connectivity index (χ3n) is 1.13. The van der Waals surface area contributed by atoms with Crippen LogP contribution in [0.1, 0.15) is 20.3 Å². The van der Waals surface area contributed by atoms with Crippen LogP contribution in [0.15, 0.2) is 12.2 Å². The van der Waals surface area contributed by atoms with Crippen molar-refractivity contribution in [3.63, 3.8) is 0 Å². The Morgan fingerprint density at radius 3 is 1.81 bits per heavy atom. The van der Waals surface area contributed by atoms with E-state index in [9.17, 15) is 14.4 Å². The normalized spacial score (nSPS) is 10.4. The highest BCUT2D eigenvalue weighted by Gasteiger charge is 2.10. The molecule has 1 unspecified atom stereocenters. The zero-order chi connectivity index (χ0) is 13.3. The van der Waals surface area contributed by atoms with E-state index < -0.39 is 24.2 Å². The van der Waals surface area contributed by atoms with Crippen molar-refractivity contribution in [3.05, 3.63) is 12.2 Å². The fourth-order valence-electron chi connectivity index (χ4n) is 0.460. The number of carboxylic acids is 2. The van der Waals surface area contributed by atoms with E-state index in [4.69, 9.17) is 15.3 Å². The Hall–Kier alpha value is -2.05. The molecule has 0 rings (SSSR count). The predicted octanol–water partition coefficient (Wildman–Crippen LogP) is 1.19. The highest BCUT2D eigenvalue weighted by atomic mass is 16.7. The van der Waals surface area contributed by atoms with E-state index in [0.717, 1.165) is 0 Å². The van der Waals surface area contributed by atoms with Crippen molar-refractivity contribution in [1.82, 2.24) is 0 Å². The van der Waals surface area contributed by atoms with Gasteiger partial charge >= 0.3 is 18.1 Å². The Morgan fingerprint density at radius 1 is 1.25 bits per heavy atom. The summed E-state index contributed by atoms with van der Waals surface area (Å²) >= 11 is 0. The first-order chi connectivity index (χ1) is 7.16. The molecule has 0 saturated carbocycles. The zero-order valence-electron chi connectivity index (χ0n) is 8.97. The first-order valence-electron chi connectivity index (χ1n) is 4.17. The van der Waals surface area contributed by atoms with E-state index in [1.807, 2.05) is 0 Å². The molecule has 0 aliphatic rings. The summed E-state index contributed by atoms with van der Waals surface area (Å²) in [7, 11) is 0. The molecule has 0 fully saturated rings. The van der Waals surface area contributed by atoms with Gasteiger partial charge in [0.05, 0.1) is 6.42 Å². The maximum atomic E-state index is 9.92. The summed E-state index contributed by atoms with van der Waals surface area (Å²) in [6.07, 6.45) is -2.53.